The van der Waals surface area contributed by atoms with E-state index in [2.05, 4.69) is 5.32 Å². The normalized spacial score (nSPS) is 16.4. The number of hydrogen-bond acceptors (Lipinski definition) is 3. The Kier molecular flexibility index (Phi) is 5.87. The first-order valence-electron chi connectivity index (χ1n) is 7.69. The molecule has 0 bridgehead atoms. The van der Waals surface area contributed by atoms with E-state index in [9.17, 15) is 4.79 Å². The summed E-state index contributed by atoms with van der Waals surface area (Å²) in [6.07, 6.45) is 2.79. The highest BCUT2D eigenvalue weighted by molar-refractivity contribution is 5.73. The van der Waals surface area contributed by atoms with Crippen LogP contribution in [0.4, 0.5) is 4.79 Å². The molecule has 2 rings (SSSR count). The van der Waals surface area contributed by atoms with Gasteiger partial charge in [0.05, 0.1) is 25.8 Å². The molecule has 1 unspecified atom stereocenters. The van der Waals surface area contributed by atoms with E-state index in [-0.39, 0.29) is 12.1 Å². The highest BCUT2D eigenvalue weighted by Crippen LogP contribution is 2.27. The summed E-state index contributed by atoms with van der Waals surface area (Å²) in [5.74, 6) is 0.826. The summed E-state index contributed by atoms with van der Waals surface area (Å²) >= 11 is 0. The van der Waals surface area contributed by atoms with Crippen molar-refractivity contribution < 1.29 is 14.4 Å². The number of hydrogen-bond donors (Lipinski definition) is 1. The lowest BCUT2D eigenvalue weighted by Crippen LogP contribution is -2.44. The summed E-state index contributed by atoms with van der Waals surface area (Å²) in [6.45, 7) is 5.87. The van der Waals surface area contributed by atoms with Gasteiger partial charge in [0.15, 0.2) is 0 Å². The Hall–Kier alpha value is -1.75. The minimum atomic E-state index is -0.173. The lowest BCUT2D eigenvalue weighted by Gasteiger charge is -2.28. The van der Waals surface area contributed by atoms with Crippen LogP contribution in [-0.2, 0) is 4.84 Å². The molecule has 1 aromatic rings. The molecule has 21 heavy (non-hydrogen) atoms. The van der Waals surface area contributed by atoms with Crippen molar-refractivity contribution in [2.24, 2.45) is 0 Å². The third-order valence-corrected chi connectivity index (χ3v) is 3.53. The number of para-hydroxylation sites is 1. The number of carbonyl (C=O) groups is 1. The fourth-order valence-corrected chi connectivity index (χ4v) is 2.43. The highest BCUT2D eigenvalue weighted by atomic mass is 16.7. The fourth-order valence-electron chi connectivity index (χ4n) is 2.43. The number of rotatable bonds is 5. The number of urea groups is 1. The van der Waals surface area contributed by atoms with Gasteiger partial charge in [0.1, 0.15) is 5.75 Å². The first kappa shape index (κ1) is 15.6. The van der Waals surface area contributed by atoms with Crippen molar-refractivity contribution in [1.82, 2.24) is 10.4 Å². The van der Waals surface area contributed by atoms with Crippen LogP contribution in [-0.4, -0.2) is 30.9 Å². The standard InChI is InChI=1S/C16H24N2O3/c1-3-14(13-9-5-6-10-15(13)20-4-2)17-16(19)18-11-7-8-12-21-18/h5-6,9-10,14H,3-4,7-8,11-12H2,1-2H3,(H,17,19). The molecular weight excluding hydrogens is 268 g/mol. The zero-order valence-corrected chi connectivity index (χ0v) is 12.8. The van der Waals surface area contributed by atoms with Crippen molar-refractivity contribution in [2.45, 2.75) is 39.2 Å². The van der Waals surface area contributed by atoms with Gasteiger partial charge in [-0.1, -0.05) is 25.1 Å². The fraction of sp³-hybridized carbons (Fsp3) is 0.562. The smallest absolute Gasteiger partial charge is 0.341 e. The number of amides is 2. The molecule has 0 saturated carbocycles. The average Bonchev–Trinajstić information content (AvgIpc) is 2.54. The number of ether oxygens (including phenoxy) is 1. The van der Waals surface area contributed by atoms with Crippen molar-refractivity contribution in [2.75, 3.05) is 19.8 Å². The van der Waals surface area contributed by atoms with Crippen LogP contribution < -0.4 is 10.1 Å². The zero-order chi connectivity index (χ0) is 15.1. The van der Waals surface area contributed by atoms with Crippen LogP contribution in [0.15, 0.2) is 24.3 Å². The second-order valence-electron chi connectivity index (χ2n) is 5.02. The molecule has 1 atom stereocenters. The lowest BCUT2D eigenvalue weighted by molar-refractivity contribution is -0.140. The van der Waals surface area contributed by atoms with Crippen molar-refractivity contribution >= 4 is 6.03 Å². The summed E-state index contributed by atoms with van der Waals surface area (Å²) < 4.78 is 5.65. The Bertz CT molecular complexity index is 459. The third kappa shape index (κ3) is 4.11. The Balaban J connectivity index is 2.07. The molecule has 0 aliphatic carbocycles. The SMILES string of the molecule is CCOc1ccccc1C(CC)NC(=O)N1CCCCO1. The minimum Gasteiger partial charge on any atom is -0.494 e. The van der Waals surface area contributed by atoms with Crippen LogP contribution in [0, 0.1) is 0 Å². The number of nitrogens with one attached hydrogen (secondary N) is 1. The predicted octanol–water partition coefficient (Wildman–Crippen LogP) is 3.27. The van der Waals surface area contributed by atoms with Crippen molar-refractivity contribution in [1.29, 1.82) is 0 Å². The first-order chi connectivity index (χ1) is 10.3. The van der Waals surface area contributed by atoms with Crippen LogP contribution >= 0.6 is 0 Å². The monoisotopic (exact) mass is 292 g/mol. The van der Waals surface area contributed by atoms with Gasteiger partial charge in [-0.15, -0.1) is 0 Å². The van der Waals surface area contributed by atoms with Gasteiger partial charge < -0.3 is 10.1 Å². The maximum absolute atomic E-state index is 12.3. The molecule has 1 saturated heterocycles. The van der Waals surface area contributed by atoms with Gasteiger partial charge in [-0.2, -0.15) is 0 Å². The van der Waals surface area contributed by atoms with Gasteiger partial charge in [-0.05, 0) is 32.3 Å². The summed E-state index contributed by atoms with van der Waals surface area (Å²) in [5, 5.41) is 4.46. The molecule has 2 amide bonds. The largest absolute Gasteiger partial charge is 0.494 e. The maximum atomic E-state index is 12.3. The van der Waals surface area contributed by atoms with Gasteiger partial charge in [0.25, 0.3) is 0 Å². The lowest BCUT2D eigenvalue weighted by atomic mass is 10.0. The number of hydroxylamine groups is 2. The van der Waals surface area contributed by atoms with Gasteiger partial charge in [-0.3, -0.25) is 4.84 Å². The molecule has 116 valence electrons. The second-order valence-corrected chi connectivity index (χ2v) is 5.02. The van der Waals surface area contributed by atoms with Crippen molar-refractivity contribution in [3.8, 4) is 5.75 Å². The van der Waals surface area contributed by atoms with Crippen LogP contribution in [0.25, 0.3) is 0 Å². The summed E-state index contributed by atoms with van der Waals surface area (Å²) in [4.78, 5) is 17.6. The van der Waals surface area contributed by atoms with E-state index >= 15 is 0 Å². The van der Waals surface area contributed by atoms with Crippen LogP contribution in [0.2, 0.25) is 0 Å². The highest BCUT2D eigenvalue weighted by Gasteiger charge is 2.22. The molecule has 1 fully saturated rings. The topological polar surface area (TPSA) is 50.8 Å². The average molecular weight is 292 g/mol. The molecule has 0 aromatic heterocycles. The zero-order valence-electron chi connectivity index (χ0n) is 12.8. The Morgan fingerprint density at radius 3 is 2.86 bits per heavy atom. The Labute approximate surface area is 126 Å². The van der Waals surface area contributed by atoms with E-state index in [1.165, 1.54) is 5.06 Å². The van der Waals surface area contributed by atoms with E-state index < -0.39 is 0 Å². The molecule has 1 N–H and O–H groups in total. The van der Waals surface area contributed by atoms with Gasteiger partial charge >= 0.3 is 6.03 Å². The molecule has 1 aromatic carbocycles. The van der Waals surface area contributed by atoms with Gasteiger partial charge in [-0.25, -0.2) is 9.86 Å². The van der Waals surface area contributed by atoms with Crippen LogP contribution in [0.3, 0.4) is 0 Å². The van der Waals surface area contributed by atoms with Gasteiger partial charge in [0.2, 0.25) is 0 Å². The van der Waals surface area contributed by atoms with Gasteiger partial charge in [0, 0.05) is 5.56 Å². The molecule has 0 radical (unpaired) electrons. The number of carbonyl (C=O) groups excluding carboxylic acids is 1. The van der Waals surface area contributed by atoms with E-state index in [1.807, 2.05) is 38.1 Å². The molecule has 0 spiro atoms. The van der Waals surface area contributed by atoms with E-state index in [0.29, 0.717) is 19.8 Å². The summed E-state index contributed by atoms with van der Waals surface area (Å²) in [6, 6.07) is 7.58. The molecular formula is C16H24N2O3. The predicted molar refractivity (Wildman–Crippen MR) is 81.1 cm³/mol. The summed E-state index contributed by atoms with van der Waals surface area (Å²) in [7, 11) is 0. The quantitative estimate of drug-likeness (QED) is 0.906. The van der Waals surface area contributed by atoms with E-state index in [0.717, 1.165) is 30.6 Å². The molecule has 1 aliphatic rings. The third-order valence-electron chi connectivity index (χ3n) is 3.53. The summed E-state index contributed by atoms with van der Waals surface area (Å²) in [5.41, 5.74) is 1.01. The Morgan fingerprint density at radius 1 is 1.38 bits per heavy atom. The van der Waals surface area contributed by atoms with E-state index in [1.54, 1.807) is 0 Å². The van der Waals surface area contributed by atoms with Crippen molar-refractivity contribution in [3.05, 3.63) is 29.8 Å². The van der Waals surface area contributed by atoms with Crippen molar-refractivity contribution in [3.63, 3.8) is 0 Å². The first-order valence-corrected chi connectivity index (χ1v) is 7.69. The van der Waals surface area contributed by atoms with Crippen LogP contribution in [0.5, 0.6) is 5.75 Å². The second kappa shape index (κ2) is 7.88. The molecule has 1 heterocycles. The maximum Gasteiger partial charge on any atom is 0.341 e. The van der Waals surface area contributed by atoms with Crippen LogP contribution in [0.1, 0.15) is 44.7 Å². The minimum absolute atomic E-state index is 0.0780. The number of nitrogens with zero attached hydrogens (tertiary/aromatic N) is 1. The molecule has 5 heteroatoms. The molecule has 1 aliphatic heterocycles. The Morgan fingerprint density at radius 2 is 2.19 bits per heavy atom. The van der Waals surface area contributed by atoms with E-state index in [4.69, 9.17) is 9.57 Å². The molecule has 5 nitrogen and oxygen atoms in total. The number of benzene rings is 1.